The SMILES string of the molecule is CCCCC(C)I1CCCCC1. The predicted octanol–water partition coefficient (Wildman–Crippen LogP) is 4.26. The maximum atomic E-state index is 2.53. The van der Waals surface area contributed by atoms with Crippen LogP contribution < -0.4 is 0 Å². The van der Waals surface area contributed by atoms with Gasteiger partial charge in [0, 0.05) is 0 Å². The molecule has 1 unspecified atom stereocenters. The summed E-state index contributed by atoms with van der Waals surface area (Å²) in [7, 11) is 0. The van der Waals surface area contributed by atoms with Crippen LogP contribution in [0.3, 0.4) is 0 Å². The average Bonchev–Trinajstić information content (AvgIpc) is 2.15. The van der Waals surface area contributed by atoms with Crippen LogP contribution in [0.1, 0.15) is 52.4 Å². The molecule has 1 heterocycles. The first kappa shape index (κ1) is 10.8. The molecule has 12 heavy (non-hydrogen) atoms. The van der Waals surface area contributed by atoms with Crippen molar-refractivity contribution in [3.8, 4) is 0 Å². The van der Waals surface area contributed by atoms with Crippen molar-refractivity contribution in [3.63, 3.8) is 0 Å². The molecule has 1 aliphatic rings. The van der Waals surface area contributed by atoms with Gasteiger partial charge in [-0.2, -0.15) is 0 Å². The van der Waals surface area contributed by atoms with Gasteiger partial charge < -0.3 is 0 Å². The van der Waals surface area contributed by atoms with E-state index < -0.39 is 19.8 Å². The van der Waals surface area contributed by atoms with Crippen LogP contribution in [0.15, 0.2) is 0 Å². The van der Waals surface area contributed by atoms with E-state index in [0.717, 1.165) is 3.92 Å². The molecule has 1 fully saturated rings. The summed E-state index contributed by atoms with van der Waals surface area (Å²) in [5, 5.41) is 0. The van der Waals surface area contributed by atoms with Crippen molar-refractivity contribution in [1.29, 1.82) is 0 Å². The van der Waals surface area contributed by atoms with Gasteiger partial charge in [-0.15, -0.1) is 0 Å². The van der Waals surface area contributed by atoms with Gasteiger partial charge in [0.2, 0.25) is 0 Å². The first-order chi connectivity index (χ1) is 5.84. The van der Waals surface area contributed by atoms with E-state index in [-0.39, 0.29) is 0 Å². The van der Waals surface area contributed by atoms with Crippen LogP contribution in [0.25, 0.3) is 0 Å². The molecule has 0 N–H and O–H groups in total. The molecule has 1 saturated heterocycles. The summed E-state index contributed by atoms with van der Waals surface area (Å²) in [6, 6.07) is 0. The van der Waals surface area contributed by atoms with E-state index in [0.29, 0.717) is 0 Å². The third-order valence-electron chi connectivity index (χ3n) is 2.74. The Morgan fingerprint density at radius 1 is 1.17 bits per heavy atom. The average molecular weight is 282 g/mol. The van der Waals surface area contributed by atoms with Crippen LogP contribution >= 0.6 is 19.8 Å². The second-order valence-corrected chi connectivity index (χ2v) is 11.0. The van der Waals surface area contributed by atoms with Gasteiger partial charge in [-0.25, -0.2) is 0 Å². The summed E-state index contributed by atoms with van der Waals surface area (Å²) >= 11 is -0.422. The third-order valence-corrected chi connectivity index (χ3v) is 10.7. The predicted molar refractivity (Wildman–Crippen MR) is 66.6 cm³/mol. The number of hydrogen-bond acceptors (Lipinski definition) is 0. The Kier molecular flexibility index (Phi) is 5.61. The number of rotatable bonds is 4. The maximum absolute atomic E-state index is 2.53. The van der Waals surface area contributed by atoms with Crippen molar-refractivity contribution in [3.05, 3.63) is 0 Å². The first-order valence-electron chi connectivity index (χ1n) is 5.45. The summed E-state index contributed by atoms with van der Waals surface area (Å²) in [6.07, 6.45) is 9.10. The van der Waals surface area contributed by atoms with Crippen molar-refractivity contribution >= 4 is 19.8 Å². The minimum absolute atomic E-state index is 0.422. The number of unbranched alkanes of at least 4 members (excludes halogenated alkanes) is 1. The van der Waals surface area contributed by atoms with Gasteiger partial charge in [0.05, 0.1) is 0 Å². The van der Waals surface area contributed by atoms with Gasteiger partial charge in [0.15, 0.2) is 0 Å². The molecule has 0 nitrogen and oxygen atoms in total. The normalized spacial score (nSPS) is 24.0. The van der Waals surface area contributed by atoms with Gasteiger partial charge in [-0.1, -0.05) is 0 Å². The van der Waals surface area contributed by atoms with Gasteiger partial charge in [-0.3, -0.25) is 0 Å². The van der Waals surface area contributed by atoms with Crippen molar-refractivity contribution < 1.29 is 0 Å². The molecule has 0 saturated carbocycles. The second-order valence-electron chi connectivity index (χ2n) is 3.86. The van der Waals surface area contributed by atoms with Crippen molar-refractivity contribution in [1.82, 2.24) is 0 Å². The Bertz CT molecular complexity index is 106. The van der Waals surface area contributed by atoms with Crippen LogP contribution in [0.4, 0.5) is 0 Å². The summed E-state index contributed by atoms with van der Waals surface area (Å²) in [5.41, 5.74) is 0. The van der Waals surface area contributed by atoms with Crippen molar-refractivity contribution in [2.24, 2.45) is 0 Å². The standard InChI is InChI=1S/C11H23I/c1-3-4-8-11(2)12-9-6-5-7-10-12/h11H,3-10H2,1-2H3. The number of alkyl halides is 3. The molecule has 0 aromatic carbocycles. The molecule has 1 heteroatoms. The van der Waals surface area contributed by atoms with E-state index in [1.165, 1.54) is 19.3 Å². The Morgan fingerprint density at radius 3 is 2.42 bits per heavy atom. The Balaban J connectivity index is 2.15. The van der Waals surface area contributed by atoms with E-state index in [2.05, 4.69) is 13.8 Å². The van der Waals surface area contributed by atoms with Crippen LogP contribution in [-0.4, -0.2) is 12.8 Å². The van der Waals surface area contributed by atoms with Crippen LogP contribution in [-0.2, 0) is 0 Å². The summed E-state index contributed by atoms with van der Waals surface area (Å²) in [4.78, 5) is 0. The van der Waals surface area contributed by atoms with E-state index >= 15 is 0 Å². The molecule has 1 atom stereocenters. The van der Waals surface area contributed by atoms with Gasteiger partial charge in [-0.05, 0) is 0 Å². The van der Waals surface area contributed by atoms with Crippen LogP contribution in [0, 0.1) is 0 Å². The zero-order valence-corrected chi connectivity index (χ0v) is 10.8. The number of hydrogen-bond donors (Lipinski definition) is 0. The molecule has 74 valence electrons. The minimum atomic E-state index is -0.422. The molecule has 0 aliphatic carbocycles. The Labute approximate surface area is 84.9 Å². The van der Waals surface area contributed by atoms with E-state index in [4.69, 9.17) is 0 Å². The fraction of sp³-hybridized carbons (Fsp3) is 1.00. The molecule has 0 bridgehead atoms. The monoisotopic (exact) mass is 282 g/mol. The molecule has 0 aromatic rings. The molecule has 0 spiro atoms. The molecule has 1 rings (SSSR count). The summed E-state index contributed by atoms with van der Waals surface area (Å²) in [5.74, 6) is 0. The Hall–Kier alpha value is 0.730. The molecule has 0 radical (unpaired) electrons. The molecule has 1 aliphatic heterocycles. The zero-order valence-electron chi connectivity index (χ0n) is 8.61. The van der Waals surface area contributed by atoms with Crippen LogP contribution in [0.2, 0.25) is 0 Å². The van der Waals surface area contributed by atoms with E-state index in [9.17, 15) is 0 Å². The van der Waals surface area contributed by atoms with E-state index in [1.54, 1.807) is 28.1 Å². The number of halogens is 1. The Morgan fingerprint density at radius 2 is 1.83 bits per heavy atom. The third kappa shape index (κ3) is 3.63. The second kappa shape index (κ2) is 6.22. The van der Waals surface area contributed by atoms with Crippen molar-refractivity contribution in [2.45, 2.75) is 56.3 Å². The molecule has 0 amide bonds. The quantitative estimate of drug-likeness (QED) is 0.534. The van der Waals surface area contributed by atoms with Crippen LogP contribution in [0.5, 0.6) is 0 Å². The van der Waals surface area contributed by atoms with Gasteiger partial charge >= 0.3 is 85.0 Å². The topological polar surface area (TPSA) is 0 Å². The molecular formula is C11H23I. The fourth-order valence-electron chi connectivity index (χ4n) is 1.82. The summed E-state index contributed by atoms with van der Waals surface area (Å²) < 4.78 is 4.51. The zero-order chi connectivity index (χ0) is 8.81. The van der Waals surface area contributed by atoms with Gasteiger partial charge in [0.1, 0.15) is 0 Å². The first-order valence-corrected chi connectivity index (χ1v) is 9.74. The summed E-state index contributed by atoms with van der Waals surface area (Å²) in [6.45, 7) is 4.85. The molecule has 0 aromatic heterocycles. The van der Waals surface area contributed by atoms with Crippen molar-refractivity contribution in [2.75, 3.05) is 8.86 Å². The van der Waals surface area contributed by atoms with E-state index in [1.807, 2.05) is 0 Å². The van der Waals surface area contributed by atoms with Gasteiger partial charge in [0.25, 0.3) is 0 Å². The fourth-order valence-corrected chi connectivity index (χ4v) is 8.84. The molecular weight excluding hydrogens is 259 g/mol.